The molecule has 1 aromatic rings. The number of carbonyl (C=O) groups is 1. The van der Waals surface area contributed by atoms with Gasteiger partial charge in [-0.3, -0.25) is 4.79 Å². The van der Waals surface area contributed by atoms with E-state index in [0.29, 0.717) is 17.6 Å². The first kappa shape index (κ1) is 10.7. The summed E-state index contributed by atoms with van der Waals surface area (Å²) in [6, 6.07) is 7.04. The van der Waals surface area contributed by atoms with Gasteiger partial charge in [-0.1, -0.05) is 6.07 Å². The van der Waals surface area contributed by atoms with Gasteiger partial charge in [-0.2, -0.15) is 10.5 Å². The Hall–Kier alpha value is -2.33. The highest BCUT2D eigenvalue weighted by Crippen LogP contribution is 2.23. The fourth-order valence-electron chi connectivity index (χ4n) is 1.30. The van der Waals surface area contributed by atoms with Crippen LogP contribution in [0.25, 0.3) is 0 Å². The molecule has 0 atom stereocenters. The maximum absolute atomic E-state index is 10.8. The zero-order valence-corrected chi connectivity index (χ0v) is 8.15. The van der Waals surface area contributed by atoms with Gasteiger partial charge in [-0.05, 0) is 11.6 Å². The number of nitriles is 2. The summed E-state index contributed by atoms with van der Waals surface area (Å²) >= 11 is 0. The lowest BCUT2D eigenvalue weighted by Gasteiger charge is -2.07. The summed E-state index contributed by atoms with van der Waals surface area (Å²) in [5, 5.41) is 17.4. The lowest BCUT2D eigenvalue weighted by molar-refractivity contribution is 0.112. The predicted octanol–water partition coefficient (Wildman–Crippen LogP) is 1.45. The maximum atomic E-state index is 10.8. The van der Waals surface area contributed by atoms with E-state index >= 15 is 0 Å². The minimum Gasteiger partial charge on any atom is -0.495 e. The van der Waals surface area contributed by atoms with Crippen LogP contribution in [-0.4, -0.2) is 13.4 Å². The molecule has 0 aliphatic carbocycles. The number of carbonyl (C=O) groups excluding carboxylic acids is 1. The van der Waals surface area contributed by atoms with Gasteiger partial charge in [0.2, 0.25) is 0 Å². The third kappa shape index (κ3) is 1.95. The molecule has 0 radical (unpaired) electrons. The highest BCUT2D eigenvalue weighted by Gasteiger charge is 2.12. The van der Waals surface area contributed by atoms with Crippen molar-refractivity contribution in [1.82, 2.24) is 0 Å². The van der Waals surface area contributed by atoms with Crippen molar-refractivity contribution in [1.29, 1.82) is 10.5 Å². The molecule has 74 valence electrons. The average molecular weight is 200 g/mol. The third-order valence-corrected chi connectivity index (χ3v) is 2.02. The molecular formula is C11H8N2O2. The van der Waals surface area contributed by atoms with Gasteiger partial charge >= 0.3 is 0 Å². The smallest absolute Gasteiger partial charge is 0.151 e. The number of hydrogen-bond acceptors (Lipinski definition) is 4. The molecular weight excluding hydrogens is 192 g/mol. The van der Waals surface area contributed by atoms with Crippen molar-refractivity contribution >= 4 is 6.29 Å². The minimum atomic E-state index is 0.104. The molecule has 0 spiro atoms. The van der Waals surface area contributed by atoms with Crippen molar-refractivity contribution in [2.75, 3.05) is 7.11 Å². The Morgan fingerprint density at radius 2 is 2.20 bits per heavy atom. The second kappa shape index (κ2) is 4.78. The van der Waals surface area contributed by atoms with Crippen LogP contribution in [0.2, 0.25) is 0 Å². The molecule has 0 aromatic heterocycles. The first-order chi connectivity index (χ1) is 7.28. The van der Waals surface area contributed by atoms with Gasteiger partial charge in [0.15, 0.2) is 6.29 Å². The molecule has 0 aliphatic heterocycles. The summed E-state index contributed by atoms with van der Waals surface area (Å²) in [6.45, 7) is 0. The Kier molecular flexibility index (Phi) is 3.43. The summed E-state index contributed by atoms with van der Waals surface area (Å²) in [5.74, 6) is 0.348. The monoisotopic (exact) mass is 200 g/mol. The largest absolute Gasteiger partial charge is 0.495 e. The molecule has 0 saturated carbocycles. The van der Waals surface area contributed by atoms with Crippen LogP contribution in [-0.2, 0) is 6.42 Å². The van der Waals surface area contributed by atoms with Crippen LogP contribution in [0.15, 0.2) is 12.1 Å². The van der Waals surface area contributed by atoms with E-state index in [1.54, 1.807) is 12.1 Å². The predicted molar refractivity (Wildman–Crippen MR) is 52.4 cm³/mol. The highest BCUT2D eigenvalue weighted by atomic mass is 16.5. The summed E-state index contributed by atoms with van der Waals surface area (Å²) in [5.41, 5.74) is 0.962. The Morgan fingerprint density at radius 1 is 1.47 bits per heavy atom. The summed E-state index contributed by atoms with van der Waals surface area (Å²) in [6.07, 6.45) is 0.681. The third-order valence-electron chi connectivity index (χ3n) is 2.02. The second-order valence-corrected chi connectivity index (χ2v) is 2.78. The van der Waals surface area contributed by atoms with Crippen LogP contribution in [0.5, 0.6) is 5.75 Å². The number of methoxy groups -OCH3 is 1. The number of aldehydes is 1. The molecule has 0 unspecified atom stereocenters. The quantitative estimate of drug-likeness (QED) is 0.692. The van der Waals surface area contributed by atoms with E-state index < -0.39 is 0 Å². The summed E-state index contributed by atoms with van der Waals surface area (Å²) in [7, 11) is 1.43. The highest BCUT2D eigenvalue weighted by molar-refractivity contribution is 5.83. The average Bonchev–Trinajstić information content (AvgIpc) is 2.28. The Balaban J connectivity index is 3.44. The maximum Gasteiger partial charge on any atom is 0.151 e. The molecule has 0 N–H and O–H groups in total. The fourth-order valence-corrected chi connectivity index (χ4v) is 1.30. The normalized spacial score (nSPS) is 8.73. The minimum absolute atomic E-state index is 0.104. The Bertz CT molecular complexity index is 467. The topological polar surface area (TPSA) is 73.9 Å². The van der Waals surface area contributed by atoms with Gasteiger partial charge in [0, 0.05) is 5.56 Å². The van der Waals surface area contributed by atoms with Gasteiger partial charge in [0.25, 0.3) is 0 Å². The lowest BCUT2D eigenvalue weighted by atomic mass is 10.00. The van der Waals surface area contributed by atoms with Gasteiger partial charge < -0.3 is 4.74 Å². The number of rotatable bonds is 3. The molecule has 4 nitrogen and oxygen atoms in total. The first-order valence-corrected chi connectivity index (χ1v) is 4.20. The zero-order chi connectivity index (χ0) is 11.3. The van der Waals surface area contributed by atoms with E-state index in [9.17, 15) is 4.79 Å². The Morgan fingerprint density at radius 3 is 2.67 bits per heavy atom. The van der Waals surface area contributed by atoms with Crippen LogP contribution in [0.3, 0.4) is 0 Å². The number of hydrogen-bond donors (Lipinski definition) is 0. The Labute approximate surface area is 87.3 Å². The van der Waals surface area contributed by atoms with Gasteiger partial charge in [0.1, 0.15) is 17.4 Å². The van der Waals surface area contributed by atoms with Crippen molar-refractivity contribution in [2.24, 2.45) is 0 Å². The molecule has 1 aromatic carbocycles. The van der Waals surface area contributed by atoms with Crippen LogP contribution in [0.1, 0.15) is 21.5 Å². The summed E-state index contributed by atoms with van der Waals surface area (Å²) in [4.78, 5) is 10.8. The molecule has 0 saturated heterocycles. The van der Waals surface area contributed by atoms with Gasteiger partial charge in [0.05, 0.1) is 19.6 Å². The number of ether oxygens (including phenoxy) is 1. The fraction of sp³-hybridized carbons (Fsp3) is 0.182. The van der Waals surface area contributed by atoms with E-state index in [0.717, 1.165) is 0 Å². The van der Waals surface area contributed by atoms with Crippen molar-refractivity contribution in [3.05, 3.63) is 28.8 Å². The number of nitrogens with zero attached hydrogens (tertiary/aromatic N) is 2. The molecule has 4 heteroatoms. The number of benzene rings is 1. The van der Waals surface area contributed by atoms with Crippen molar-refractivity contribution in [2.45, 2.75) is 6.42 Å². The van der Waals surface area contributed by atoms with E-state index in [1.807, 2.05) is 12.1 Å². The molecule has 0 amide bonds. The molecule has 0 bridgehead atoms. The van der Waals surface area contributed by atoms with E-state index in [-0.39, 0.29) is 17.5 Å². The van der Waals surface area contributed by atoms with Crippen LogP contribution >= 0.6 is 0 Å². The summed E-state index contributed by atoms with van der Waals surface area (Å²) < 4.78 is 4.95. The molecule has 1 rings (SSSR count). The van der Waals surface area contributed by atoms with Crippen LogP contribution in [0, 0.1) is 22.7 Å². The van der Waals surface area contributed by atoms with E-state index in [1.165, 1.54) is 7.11 Å². The standard InChI is InChI=1S/C11H8N2O2/c1-15-11-3-2-8(4-5-12)10(7-14)9(11)6-13/h2-3,7H,4H2,1H3. The van der Waals surface area contributed by atoms with Gasteiger partial charge in [-0.25, -0.2) is 0 Å². The van der Waals surface area contributed by atoms with Crippen molar-refractivity contribution < 1.29 is 9.53 Å². The molecule has 15 heavy (non-hydrogen) atoms. The molecule has 0 aliphatic rings. The molecule has 0 heterocycles. The van der Waals surface area contributed by atoms with Crippen molar-refractivity contribution in [3.8, 4) is 17.9 Å². The van der Waals surface area contributed by atoms with Gasteiger partial charge in [-0.15, -0.1) is 0 Å². The lowest BCUT2D eigenvalue weighted by Crippen LogP contribution is -1.99. The van der Waals surface area contributed by atoms with Crippen LogP contribution < -0.4 is 4.74 Å². The SMILES string of the molecule is COc1ccc(CC#N)c(C=O)c1C#N. The van der Waals surface area contributed by atoms with E-state index in [4.69, 9.17) is 15.3 Å². The second-order valence-electron chi connectivity index (χ2n) is 2.78. The van der Waals surface area contributed by atoms with Crippen LogP contribution in [0.4, 0.5) is 0 Å². The van der Waals surface area contributed by atoms with E-state index in [2.05, 4.69) is 0 Å². The first-order valence-electron chi connectivity index (χ1n) is 4.20. The molecule has 0 fully saturated rings. The zero-order valence-electron chi connectivity index (χ0n) is 8.15. The van der Waals surface area contributed by atoms with Crippen molar-refractivity contribution in [3.63, 3.8) is 0 Å².